The Kier molecular flexibility index (Phi) is 4.91. The van der Waals surface area contributed by atoms with E-state index in [1.165, 1.54) is 33.9 Å². The molecular weight excluding hydrogens is 370 g/mol. The zero-order valence-corrected chi connectivity index (χ0v) is 15.3. The Morgan fingerprint density at radius 2 is 2.21 bits per heavy atom. The minimum absolute atomic E-state index is 0.0773. The third-order valence-corrected chi connectivity index (χ3v) is 6.55. The molecule has 6 nitrogen and oxygen atoms in total. The number of fused-ring (bicyclic) bond motifs is 1. The first-order valence-electron chi connectivity index (χ1n) is 7.40. The van der Waals surface area contributed by atoms with Crippen molar-refractivity contribution >= 4 is 38.9 Å². The molecule has 0 aliphatic heterocycles. The van der Waals surface area contributed by atoms with Gasteiger partial charge >= 0.3 is 0 Å². The predicted octanol–water partition coefficient (Wildman–Crippen LogP) is 2.54. The fourth-order valence-corrected chi connectivity index (χ4v) is 4.57. The standard InChI is InChI=1S/C15H16ClN3O3S2/c1-9-2-4-12-10(6-9)7-13(23-12)15(20)18-19-24(21,22)11-3-5-14(16)17-8-11/h3,5,7-9,19H,2,4,6H2,1H3,(H,18,20)/t9-/m0/s1. The lowest BCUT2D eigenvalue weighted by Crippen LogP contribution is -2.41. The number of nitrogens with zero attached hydrogens (tertiary/aromatic N) is 1. The van der Waals surface area contributed by atoms with Crippen LogP contribution in [-0.4, -0.2) is 19.3 Å². The van der Waals surface area contributed by atoms with E-state index in [1.807, 2.05) is 6.07 Å². The van der Waals surface area contributed by atoms with Crippen LogP contribution in [0.2, 0.25) is 5.15 Å². The van der Waals surface area contributed by atoms with Crippen LogP contribution in [0.5, 0.6) is 0 Å². The highest BCUT2D eigenvalue weighted by Gasteiger charge is 2.22. The highest BCUT2D eigenvalue weighted by atomic mass is 35.5. The van der Waals surface area contributed by atoms with Gasteiger partial charge in [-0.1, -0.05) is 18.5 Å². The summed E-state index contributed by atoms with van der Waals surface area (Å²) in [5.74, 6) is 0.145. The highest BCUT2D eigenvalue weighted by Crippen LogP contribution is 2.32. The minimum Gasteiger partial charge on any atom is -0.273 e. The van der Waals surface area contributed by atoms with E-state index in [0.29, 0.717) is 10.8 Å². The van der Waals surface area contributed by atoms with Crippen molar-refractivity contribution in [1.82, 2.24) is 15.2 Å². The van der Waals surface area contributed by atoms with Crippen LogP contribution in [0.4, 0.5) is 0 Å². The van der Waals surface area contributed by atoms with E-state index in [-0.39, 0.29) is 10.0 Å². The second kappa shape index (κ2) is 6.79. The number of carbonyl (C=O) groups is 1. The van der Waals surface area contributed by atoms with Crippen molar-refractivity contribution in [2.24, 2.45) is 5.92 Å². The van der Waals surface area contributed by atoms with Gasteiger partial charge in [-0.15, -0.1) is 16.2 Å². The van der Waals surface area contributed by atoms with E-state index >= 15 is 0 Å². The molecule has 24 heavy (non-hydrogen) atoms. The number of rotatable bonds is 4. The van der Waals surface area contributed by atoms with Crippen molar-refractivity contribution in [3.8, 4) is 0 Å². The van der Waals surface area contributed by atoms with Gasteiger partial charge in [-0.2, -0.15) is 0 Å². The largest absolute Gasteiger partial charge is 0.276 e. The van der Waals surface area contributed by atoms with Crippen LogP contribution in [0.15, 0.2) is 29.3 Å². The second-order valence-electron chi connectivity index (χ2n) is 5.78. The van der Waals surface area contributed by atoms with Crippen LogP contribution in [0.25, 0.3) is 0 Å². The predicted molar refractivity (Wildman–Crippen MR) is 92.5 cm³/mol. The van der Waals surface area contributed by atoms with E-state index in [4.69, 9.17) is 11.6 Å². The quantitative estimate of drug-likeness (QED) is 0.625. The molecule has 1 atom stereocenters. The monoisotopic (exact) mass is 385 g/mol. The lowest BCUT2D eigenvalue weighted by molar-refractivity contribution is 0.0949. The molecule has 2 aromatic rings. The van der Waals surface area contributed by atoms with Gasteiger partial charge in [0.2, 0.25) is 0 Å². The van der Waals surface area contributed by atoms with Gasteiger partial charge in [0, 0.05) is 11.1 Å². The van der Waals surface area contributed by atoms with Crippen LogP contribution in [0.3, 0.4) is 0 Å². The molecule has 1 aliphatic rings. The number of hydrogen-bond acceptors (Lipinski definition) is 5. The number of thiophene rings is 1. The van der Waals surface area contributed by atoms with Crippen molar-refractivity contribution in [1.29, 1.82) is 0 Å². The fraction of sp³-hybridized carbons (Fsp3) is 0.333. The Morgan fingerprint density at radius 3 is 2.92 bits per heavy atom. The molecule has 0 saturated carbocycles. The molecule has 9 heteroatoms. The fourth-order valence-electron chi connectivity index (χ4n) is 2.57. The molecule has 0 saturated heterocycles. The number of sulfonamides is 1. The van der Waals surface area contributed by atoms with E-state index in [1.54, 1.807) is 0 Å². The number of nitrogens with one attached hydrogen (secondary N) is 2. The molecule has 0 radical (unpaired) electrons. The Hall–Kier alpha value is -1.48. The molecular formula is C15H16ClN3O3S2. The van der Waals surface area contributed by atoms with Gasteiger partial charge in [-0.05, 0) is 48.9 Å². The molecule has 2 N–H and O–H groups in total. The van der Waals surface area contributed by atoms with Crippen LogP contribution >= 0.6 is 22.9 Å². The van der Waals surface area contributed by atoms with Gasteiger partial charge in [0.1, 0.15) is 10.0 Å². The normalized spacial score (nSPS) is 17.3. The number of amides is 1. The summed E-state index contributed by atoms with van der Waals surface area (Å²) in [6, 6.07) is 4.53. The van der Waals surface area contributed by atoms with Crippen molar-refractivity contribution < 1.29 is 13.2 Å². The molecule has 0 fully saturated rings. The van der Waals surface area contributed by atoms with Crippen LogP contribution in [-0.2, 0) is 22.9 Å². The number of aryl methyl sites for hydroxylation is 1. The SMILES string of the molecule is C[C@H]1CCc2sc(C(=O)NNS(=O)(=O)c3ccc(Cl)nc3)cc2C1. The zero-order chi connectivity index (χ0) is 17.3. The summed E-state index contributed by atoms with van der Waals surface area (Å²) in [7, 11) is -3.89. The second-order valence-corrected chi connectivity index (χ2v) is 8.99. The molecule has 2 aromatic heterocycles. The summed E-state index contributed by atoms with van der Waals surface area (Å²) >= 11 is 7.05. The van der Waals surface area contributed by atoms with E-state index < -0.39 is 15.9 Å². The van der Waals surface area contributed by atoms with E-state index in [0.717, 1.165) is 25.5 Å². The molecule has 128 valence electrons. The number of pyridine rings is 1. The maximum atomic E-state index is 12.2. The summed E-state index contributed by atoms with van der Waals surface area (Å²) in [4.78, 5) is 19.6. The van der Waals surface area contributed by atoms with Gasteiger partial charge in [0.25, 0.3) is 15.9 Å². The molecule has 0 unspecified atom stereocenters. The Morgan fingerprint density at radius 1 is 1.42 bits per heavy atom. The number of carbonyl (C=O) groups excluding carboxylic acids is 1. The smallest absolute Gasteiger partial charge is 0.273 e. The Balaban J connectivity index is 1.68. The van der Waals surface area contributed by atoms with Gasteiger partial charge < -0.3 is 0 Å². The number of hydrazine groups is 1. The molecule has 0 spiro atoms. The molecule has 1 amide bonds. The van der Waals surface area contributed by atoms with Crippen LogP contribution < -0.4 is 10.3 Å². The molecule has 0 bridgehead atoms. The van der Waals surface area contributed by atoms with Gasteiger partial charge in [0.05, 0.1) is 4.88 Å². The average molecular weight is 386 g/mol. The first kappa shape index (κ1) is 17.3. The summed E-state index contributed by atoms with van der Waals surface area (Å²) in [6.45, 7) is 2.19. The third-order valence-electron chi connectivity index (χ3n) is 3.86. The lowest BCUT2D eigenvalue weighted by Gasteiger charge is -2.16. The van der Waals surface area contributed by atoms with Crippen molar-refractivity contribution in [3.05, 3.63) is 44.9 Å². The highest BCUT2D eigenvalue weighted by molar-refractivity contribution is 7.89. The Bertz CT molecular complexity index is 863. The topological polar surface area (TPSA) is 88.2 Å². The maximum Gasteiger partial charge on any atom is 0.276 e. The van der Waals surface area contributed by atoms with Crippen LogP contribution in [0, 0.1) is 5.92 Å². The van der Waals surface area contributed by atoms with Gasteiger partial charge in [-0.3, -0.25) is 10.2 Å². The summed E-state index contributed by atoms with van der Waals surface area (Å²) < 4.78 is 24.2. The van der Waals surface area contributed by atoms with E-state index in [9.17, 15) is 13.2 Å². The zero-order valence-electron chi connectivity index (χ0n) is 12.9. The maximum absolute atomic E-state index is 12.2. The molecule has 0 aromatic carbocycles. The van der Waals surface area contributed by atoms with Crippen molar-refractivity contribution in [2.45, 2.75) is 31.1 Å². The molecule has 1 aliphatic carbocycles. The first-order chi connectivity index (χ1) is 11.3. The van der Waals surface area contributed by atoms with E-state index in [2.05, 4.69) is 22.2 Å². The van der Waals surface area contributed by atoms with Crippen molar-refractivity contribution in [2.75, 3.05) is 0 Å². The summed E-state index contributed by atoms with van der Waals surface area (Å²) in [6.07, 6.45) is 4.17. The Labute approximate surface area is 149 Å². The third kappa shape index (κ3) is 3.77. The molecule has 2 heterocycles. The number of halogens is 1. The minimum atomic E-state index is -3.89. The number of hydrogen-bond donors (Lipinski definition) is 2. The molecule has 3 rings (SSSR count). The van der Waals surface area contributed by atoms with Gasteiger partial charge in [-0.25, -0.2) is 13.4 Å². The lowest BCUT2D eigenvalue weighted by atomic mass is 9.90. The van der Waals surface area contributed by atoms with Gasteiger partial charge in [0.15, 0.2) is 0 Å². The summed E-state index contributed by atoms with van der Waals surface area (Å²) in [5, 5.41) is 0.191. The number of aromatic nitrogens is 1. The average Bonchev–Trinajstić information content (AvgIpc) is 2.96. The first-order valence-corrected chi connectivity index (χ1v) is 10.1. The van der Waals surface area contributed by atoms with Crippen molar-refractivity contribution in [3.63, 3.8) is 0 Å². The summed E-state index contributed by atoms with van der Waals surface area (Å²) in [5.41, 5.74) is 3.43. The van der Waals surface area contributed by atoms with Crippen LogP contribution in [0.1, 0.15) is 33.5 Å².